The minimum Gasteiger partial charge on any atom is -0.497 e. The zero-order chi connectivity index (χ0) is 13.8. The first kappa shape index (κ1) is 13.7. The highest BCUT2D eigenvalue weighted by Crippen LogP contribution is 2.23. The molecule has 1 amide bonds. The van der Waals surface area contributed by atoms with Gasteiger partial charge in [0.1, 0.15) is 11.5 Å². The molecule has 1 atom stereocenters. The van der Waals surface area contributed by atoms with E-state index in [1.54, 1.807) is 32.4 Å². The van der Waals surface area contributed by atoms with Gasteiger partial charge in [0.25, 0.3) is 5.91 Å². The Morgan fingerprint density at radius 2 is 1.89 bits per heavy atom. The smallest absolute Gasteiger partial charge is 0.254 e. The molecule has 0 aliphatic carbocycles. The van der Waals surface area contributed by atoms with Gasteiger partial charge in [-0.2, -0.15) is 0 Å². The molecule has 5 nitrogen and oxygen atoms in total. The summed E-state index contributed by atoms with van der Waals surface area (Å²) in [6, 6.07) is 5.58. The minimum atomic E-state index is 0.0190. The zero-order valence-corrected chi connectivity index (χ0v) is 11.6. The Morgan fingerprint density at radius 1 is 1.26 bits per heavy atom. The highest BCUT2D eigenvalue weighted by atomic mass is 16.5. The molecule has 1 aliphatic heterocycles. The number of amides is 1. The van der Waals surface area contributed by atoms with Gasteiger partial charge in [-0.25, -0.2) is 0 Å². The molecule has 0 aromatic heterocycles. The van der Waals surface area contributed by atoms with E-state index in [4.69, 9.17) is 9.47 Å². The van der Waals surface area contributed by atoms with E-state index in [0.29, 0.717) is 23.1 Å². The fraction of sp³-hybridized carbons (Fsp3) is 0.500. The number of hydrogen-bond acceptors (Lipinski definition) is 4. The van der Waals surface area contributed by atoms with Crippen molar-refractivity contribution in [2.75, 3.05) is 33.9 Å². The van der Waals surface area contributed by atoms with Crippen molar-refractivity contribution in [2.45, 2.75) is 13.0 Å². The Morgan fingerprint density at radius 3 is 2.42 bits per heavy atom. The van der Waals surface area contributed by atoms with Gasteiger partial charge in [0.2, 0.25) is 0 Å². The van der Waals surface area contributed by atoms with Gasteiger partial charge in [-0.3, -0.25) is 4.79 Å². The van der Waals surface area contributed by atoms with E-state index in [1.807, 2.05) is 4.90 Å². The van der Waals surface area contributed by atoms with Crippen LogP contribution in [-0.2, 0) is 0 Å². The SMILES string of the molecule is COc1cc(OC)cc(C(=O)N2CCN[C@@H](C)C2)c1. The topological polar surface area (TPSA) is 50.8 Å². The number of piperazine rings is 1. The third kappa shape index (κ3) is 3.17. The Kier molecular flexibility index (Phi) is 4.27. The van der Waals surface area contributed by atoms with Gasteiger partial charge in [-0.05, 0) is 19.1 Å². The summed E-state index contributed by atoms with van der Waals surface area (Å²) >= 11 is 0. The molecule has 5 heteroatoms. The summed E-state index contributed by atoms with van der Waals surface area (Å²) in [6.45, 7) is 4.35. The normalized spacial score (nSPS) is 19.1. The Hall–Kier alpha value is -1.75. The maximum Gasteiger partial charge on any atom is 0.254 e. The van der Waals surface area contributed by atoms with Crippen LogP contribution >= 0.6 is 0 Å². The molecule has 1 N–H and O–H groups in total. The number of rotatable bonds is 3. The molecule has 19 heavy (non-hydrogen) atoms. The van der Waals surface area contributed by atoms with Gasteiger partial charge in [0.05, 0.1) is 14.2 Å². The molecule has 1 heterocycles. The highest BCUT2D eigenvalue weighted by Gasteiger charge is 2.22. The van der Waals surface area contributed by atoms with Crippen LogP contribution in [0.3, 0.4) is 0 Å². The van der Waals surface area contributed by atoms with Crippen LogP contribution in [0.1, 0.15) is 17.3 Å². The predicted octanol–water partition coefficient (Wildman–Crippen LogP) is 1.14. The average molecular weight is 264 g/mol. The third-order valence-electron chi connectivity index (χ3n) is 3.25. The lowest BCUT2D eigenvalue weighted by molar-refractivity contribution is 0.0708. The maximum atomic E-state index is 12.5. The van der Waals surface area contributed by atoms with Crippen molar-refractivity contribution in [1.82, 2.24) is 10.2 Å². The Labute approximate surface area is 113 Å². The molecule has 0 unspecified atom stereocenters. The van der Waals surface area contributed by atoms with Crippen LogP contribution in [0.4, 0.5) is 0 Å². The number of carbonyl (C=O) groups excluding carboxylic acids is 1. The molecule has 1 aromatic rings. The van der Waals surface area contributed by atoms with Crippen molar-refractivity contribution in [3.05, 3.63) is 23.8 Å². The van der Waals surface area contributed by atoms with E-state index >= 15 is 0 Å². The number of nitrogens with one attached hydrogen (secondary N) is 1. The lowest BCUT2D eigenvalue weighted by Crippen LogP contribution is -2.51. The van der Waals surface area contributed by atoms with Crippen LogP contribution < -0.4 is 14.8 Å². The first-order valence-electron chi connectivity index (χ1n) is 6.39. The molecule has 0 saturated carbocycles. The minimum absolute atomic E-state index is 0.0190. The fourth-order valence-corrected chi connectivity index (χ4v) is 2.23. The van der Waals surface area contributed by atoms with Gasteiger partial charge >= 0.3 is 0 Å². The molecule has 1 aromatic carbocycles. The van der Waals surface area contributed by atoms with Crippen molar-refractivity contribution >= 4 is 5.91 Å². The number of ether oxygens (including phenoxy) is 2. The maximum absolute atomic E-state index is 12.5. The van der Waals surface area contributed by atoms with Crippen molar-refractivity contribution in [3.8, 4) is 11.5 Å². The van der Waals surface area contributed by atoms with E-state index in [0.717, 1.165) is 19.6 Å². The van der Waals surface area contributed by atoms with Crippen molar-refractivity contribution in [1.29, 1.82) is 0 Å². The van der Waals surface area contributed by atoms with E-state index in [1.165, 1.54) is 0 Å². The third-order valence-corrected chi connectivity index (χ3v) is 3.25. The summed E-state index contributed by atoms with van der Waals surface area (Å²) in [7, 11) is 3.16. The number of nitrogens with zero attached hydrogens (tertiary/aromatic N) is 1. The summed E-state index contributed by atoms with van der Waals surface area (Å²) in [4.78, 5) is 14.3. The van der Waals surface area contributed by atoms with Crippen LogP contribution in [0.2, 0.25) is 0 Å². The summed E-state index contributed by atoms with van der Waals surface area (Å²) in [5, 5.41) is 3.32. The zero-order valence-electron chi connectivity index (χ0n) is 11.6. The predicted molar refractivity (Wildman–Crippen MR) is 72.9 cm³/mol. The lowest BCUT2D eigenvalue weighted by Gasteiger charge is -2.32. The van der Waals surface area contributed by atoms with E-state index < -0.39 is 0 Å². The molecule has 1 saturated heterocycles. The fourth-order valence-electron chi connectivity index (χ4n) is 2.23. The van der Waals surface area contributed by atoms with Gasteiger partial charge in [-0.15, -0.1) is 0 Å². The first-order valence-corrected chi connectivity index (χ1v) is 6.39. The largest absolute Gasteiger partial charge is 0.497 e. The molecule has 0 radical (unpaired) electrons. The summed E-state index contributed by atoms with van der Waals surface area (Å²) in [6.07, 6.45) is 0. The van der Waals surface area contributed by atoms with Crippen LogP contribution in [0.15, 0.2) is 18.2 Å². The quantitative estimate of drug-likeness (QED) is 0.889. The molecule has 1 fully saturated rings. The first-order chi connectivity index (χ1) is 9.13. The summed E-state index contributed by atoms with van der Waals surface area (Å²) < 4.78 is 10.4. The Bertz CT molecular complexity index is 440. The second-order valence-corrected chi connectivity index (χ2v) is 4.71. The second kappa shape index (κ2) is 5.93. The lowest BCUT2D eigenvalue weighted by atomic mass is 10.1. The number of benzene rings is 1. The summed E-state index contributed by atoms with van der Waals surface area (Å²) in [5.74, 6) is 1.28. The standard InChI is InChI=1S/C14H20N2O3/c1-10-9-16(5-4-15-10)14(17)11-6-12(18-2)8-13(7-11)19-3/h6-8,10,15H,4-5,9H2,1-3H3/t10-/m0/s1. The van der Waals surface area contributed by atoms with Gasteiger partial charge in [0, 0.05) is 37.3 Å². The molecule has 0 bridgehead atoms. The van der Waals surface area contributed by atoms with E-state index in [2.05, 4.69) is 12.2 Å². The number of carbonyl (C=O) groups is 1. The van der Waals surface area contributed by atoms with Crippen LogP contribution in [0.25, 0.3) is 0 Å². The van der Waals surface area contributed by atoms with E-state index in [9.17, 15) is 4.79 Å². The monoisotopic (exact) mass is 264 g/mol. The molecule has 1 aliphatic rings. The van der Waals surface area contributed by atoms with Crippen LogP contribution in [0, 0.1) is 0 Å². The van der Waals surface area contributed by atoms with Crippen molar-refractivity contribution < 1.29 is 14.3 Å². The Balaban J connectivity index is 2.22. The van der Waals surface area contributed by atoms with Crippen molar-refractivity contribution in [3.63, 3.8) is 0 Å². The van der Waals surface area contributed by atoms with E-state index in [-0.39, 0.29) is 5.91 Å². The van der Waals surface area contributed by atoms with Crippen LogP contribution in [0.5, 0.6) is 11.5 Å². The highest BCUT2D eigenvalue weighted by molar-refractivity contribution is 5.95. The molecular weight excluding hydrogens is 244 g/mol. The number of hydrogen-bond donors (Lipinski definition) is 1. The van der Waals surface area contributed by atoms with Crippen molar-refractivity contribution in [2.24, 2.45) is 0 Å². The average Bonchev–Trinajstić information content (AvgIpc) is 2.45. The van der Waals surface area contributed by atoms with Gasteiger partial charge < -0.3 is 19.7 Å². The molecular formula is C14H20N2O3. The molecule has 104 valence electrons. The van der Waals surface area contributed by atoms with Gasteiger partial charge in [0.15, 0.2) is 0 Å². The summed E-state index contributed by atoms with van der Waals surface area (Å²) in [5.41, 5.74) is 0.602. The number of methoxy groups -OCH3 is 2. The molecule has 2 rings (SSSR count). The van der Waals surface area contributed by atoms with Gasteiger partial charge in [-0.1, -0.05) is 0 Å². The molecule has 0 spiro atoms. The van der Waals surface area contributed by atoms with Crippen LogP contribution in [-0.4, -0.2) is 50.7 Å². The second-order valence-electron chi connectivity index (χ2n) is 4.71.